The van der Waals surface area contributed by atoms with Crippen molar-refractivity contribution in [2.75, 3.05) is 26.6 Å². The molecule has 0 spiro atoms. The van der Waals surface area contributed by atoms with Gasteiger partial charge in [-0.3, -0.25) is 9.59 Å². The highest BCUT2D eigenvalue weighted by atomic mass is 32.1. The molecule has 1 heterocycles. The van der Waals surface area contributed by atoms with Crippen LogP contribution in [0.4, 0.5) is 5.69 Å². The van der Waals surface area contributed by atoms with Gasteiger partial charge in [0, 0.05) is 5.69 Å². The zero-order valence-corrected chi connectivity index (χ0v) is 18.1. The molecule has 0 radical (unpaired) electrons. The van der Waals surface area contributed by atoms with Crippen LogP contribution in [0.15, 0.2) is 65.7 Å². The number of methoxy groups -OCH3 is 3. The molecule has 0 unspecified atom stereocenters. The van der Waals surface area contributed by atoms with Crippen molar-refractivity contribution >= 4 is 34.9 Å². The van der Waals surface area contributed by atoms with Gasteiger partial charge in [-0.15, -0.1) is 11.3 Å². The normalized spacial score (nSPS) is 10.9. The molecule has 160 valence electrons. The highest BCUT2D eigenvalue weighted by Gasteiger charge is 2.16. The number of amides is 2. The maximum absolute atomic E-state index is 13.0. The minimum absolute atomic E-state index is 0.0847. The van der Waals surface area contributed by atoms with Gasteiger partial charge in [0.05, 0.1) is 26.2 Å². The average Bonchev–Trinajstić information content (AvgIpc) is 3.34. The largest absolute Gasteiger partial charge is 0.497 e. The first-order chi connectivity index (χ1) is 15.0. The SMILES string of the molecule is COc1ccc(NC(=O)/C(=C/c2ccc(OC)c(OC)c2)NC(=O)c2cccs2)cc1. The van der Waals surface area contributed by atoms with Crippen LogP contribution in [0.2, 0.25) is 0 Å². The molecule has 3 aromatic rings. The molecule has 2 aromatic carbocycles. The number of benzene rings is 2. The quantitative estimate of drug-likeness (QED) is 0.515. The van der Waals surface area contributed by atoms with E-state index in [-0.39, 0.29) is 11.6 Å². The monoisotopic (exact) mass is 438 g/mol. The van der Waals surface area contributed by atoms with E-state index in [0.717, 1.165) is 0 Å². The molecule has 31 heavy (non-hydrogen) atoms. The average molecular weight is 439 g/mol. The van der Waals surface area contributed by atoms with E-state index in [9.17, 15) is 9.59 Å². The molecule has 0 saturated heterocycles. The van der Waals surface area contributed by atoms with E-state index in [1.807, 2.05) is 0 Å². The van der Waals surface area contributed by atoms with Gasteiger partial charge in [0.25, 0.3) is 11.8 Å². The molecule has 8 heteroatoms. The first kappa shape index (κ1) is 21.9. The first-order valence-corrected chi connectivity index (χ1v) is 10.2. The van der Waals surface area contributed by atoms with Gasteiger partial charge >= 0.3 is 0 Å². The van der Waals surface area contributed by atoms with Gasteiger partial charge in [-0.05, 0) is 59.5 Å². The van der Waals surface area contributed by atoms with Crippen molar-refractivity contribution in [1.29, 1.82) is 0 Å². The lowest BCUT2D eigenvalue weighted by Crippen LogP contribution is -2.30. The van der Waals surface area contributed by atoms with Gasteiger partial charge in [-0.25, -0.2) is 0 Å². The van der Waals surface area contributed by atoms with E-state index >= 15 is 0 Å². The number of hydrogen-bond acceptors (Lipinski definition) is 6. The second kappa shape index (κ2) is 10.3. The highest BCUT2D eigenvalue weighted by molar-refractivity contribution is 7.12. The van der Waals surface area contributed by atoms with E-state index in [4.69, 9.17) is 14.2 Å². The Balaban J connectivity index is 1.90. The second-order valence-corrected chi connectivity index (χ2v) is 7.23. The summed E-state index contributed by atoms with van der Waals surface area (Å²) in [5.74, 6) is 0.906. The second-order valence-electron chi connectivity index (χ2n) is 6.29. The molecule has 0 aliphatic heterocycles. The molecule has 2 amide bonds. The Morgan fingerprint density at radius 2 is 1.65 bits per heavy atom. The lowest BCUT2D eigenvalue weighted by atomic mass is 10.1. The standard InChI is InChI=1S/C23H22N2O5S/c1-28-17-9-7-16(8-10-17)24-22(26)18(25-23(27)21-5-4-12-31-21)13-15-6-11-19(29-2)20(14-15)30-3/h4-14H,1-3H3,(H,24,26)(H,25,27)/b18-13-. The Bertz CT molecular complexity index is 1080. The fraction of sp³-hybridized carbons (Fsp3) is 0.130. The summed E-state index contributed by atoms with van der Waals surface area (Å²) in [6, 6.07) is 15.6. The molecule has 0 bridgehead atoms. The summed E-state index contributed by atoms with van der Waals surface area (Å²) in [5.41, 5.74) is 1.31. The number of hydrogen-bond donors (Lipinski definition) is 2. The predicted molar refractivity (Wildman–Crippen MR) is 121 cm³/mol. The van der Waals surface area contributed by atoms with Crippen LogP contribution in [0.5, 0.6) is 17.2 Å². The topological polar surface area (TPSA) is 85.9 Å². The number of rotatable bonds is 8. The summed E-state index contributed by atoms with van der Waals surface area (Å²) in [4.78, 5) is 26.1. The van der Waals surface area contributed by atoms with Crippen molar-refractivity contribution < 1.29 is 23.8 Å². The highest BCUT2D eigenvalue weighted by Crippen LogP contribution is 2.28. The van der Waals surface area contributed by atoms with Gasteiger partial charge in [0.1, 0.15) is 11.4 Å². The predicted octanol–water partition coefficient (Wildman–Crippen LogP) is 4.18. The number of anilines is 1. The Kier molecular flexibility index (Phi) is 7.29. The molecule has 1 aromatic heterocycles. The molecule has 3 rings (SSSR count). The Hall–Kier alpha value is -3.78. The van der Waals surface area contributed by atoms with Gasteiger partial charge in [-0.1, -0.05) is 12.1 Å². The van der Waals surface area contributed by atoms with Crippen LogP contribution < -0.4 is 24.8 Å². The minimum Gasteiger partial charge on any atom is -0.497 e. The van der Waals surface area contributed by atoms with Crippen LogP contribution in [0.3, 0.4) is 0 Å². The van der Waals surface area contributed by atoms with Crippen LogP contribution in [0.1, 0.15) is 15.2 Å². The van der Waals surface area contributed by atoms with Crippen LogP contribution in [0.25, 0.3) is 6.08 Å². The summed E-state index contributed by atoms with van der Waals surface area (Å²) >= 11 is 1.29. The number of nitrogens with one attached hydrogen (secondary N) is 2. The smallest absolute Gasteiger partial charge is 0.272 e. The van der Waals surface area contributed by atoms with Gasteiger partial charge in [-0.2, -0.15) is 0 Å². The molecular weight excluding hydrogens is 416 g/mol. The third kappa shape index (κ3) is 5.64. The summed E-state index contributed by atoms with van der Waals surface area (Å²) in [5, 5.41) is 7.28. The fourth-order valence-corrected chi connectivity index (χ4v) is 3.35. The summed E-state index contributed by atoms with van der Waals surface area (Å²) in [7, 11) is 4.64. The molecule has 0 aliphatic rings. The number of thiophene rings is 1. The van der Waals surface area contributed by atoms with E-state index in [1.54, 1.807) is 80.3 Å². The maximum atomic E-state index is 13.0. The number of carbonyl (C=O) groups excluding carboxylic acids is 2. The minimum atomic E-state index is -0.468. The van der Waals surface area contributed by atoms with E-state index in [2.05, 4.69) is 10.6 Å². The maximum Gasteiger partial charge on any atom is 0.272 e. The first-order valence-electron chi connectivity index (χ1n) is 9.28. The molecule has 0 aliphatic carbocycles. The molecule has 0 atom stereocenters. The summed E-state index contributed by atoms with van der Waals surface area (Å²) in [6.07, 6.45) is 1.58. The van der Waals surface area contributed by atoms with Crippen LogP contribution in [-0.2, 0) is 4.79 Å². The van der Waals surface area contributed by atoms with Gasteiger partial charge in [0.15, 0.2) is 11.5 Å². The molecule has 7 nitrogen and oxygen atoms in total. The molecule has 2 N–H and O–H groups in total. The summed E-state index contributed by atoms with van der Waals surface area (Å²) in [6.45, 7) is 0. The molecular formula is C23H22N2O5S. The van der Waals surface area contributed by atoms with Crippen molar-refractivity contribution in [1.82, 2.24) is 5.32 Å². The number of carbonyl (C=O) groups is 2. The van der Waals surface area contributed by atoms with Crippen LogP contribution in [0, 0.1) is 0 Å². The van der Waals surface area contributed by atoms with Crippen molar-refractivity contribution in [3.8, 4) is 17.2 Å². The third-order valence-corrected chi connectivity index (χ3v) is 5.17. The van der Waals surface area contributed by atoms with Crippen molar-refractivity contribution in [2.45, 2.75) is 0 Å². The van der Waals surface area contributed by atoms with Crippen LogP contribution in [-0.4, -0.2) is 33.1 Å². The van der Waals surface area contributed by atoms with Gasteiger partial charge in [0.2, 0.25) is 0 Å². The molecule has 0 fully saturated rings. The lowest BCUT2D eigenvalue weighted by Gasteiger charge is -2.12. The zero-order valence-electron chi connectivity index (χ0n) is 17.3. The van der Waals surface area contributed by atoms with Crippen LogP contribution >= 0.6 is 11.3 Å². The number of ether oxygens (including phenoxy) is 3. The zero-order chi connectivity index (χ0) is 22.2. The Morgan fingerprint density at radius 3 is 2.26 bits per heavy atom. The van der Waals surface area contributed by atoms with Crippen molar-refractivity contribution in [3.63, 3.8) is 0 Å². The van der Waals surface area contributed by atoms with E-state index < -0.39 is 5.91 Å². The van der Waals surface area contributed by atoms with E-state index in [1.165, 1.54) is 18.4 Å². The van der Waals surface area contributed by atoms with Gasteiger partial charge < -0.3 is 24.8 Å². The Morgan fingerprint density at radius 1 is 0.903 bits per heavy atom. The fourth-order valence-electron chi connectivity index (χ4n) is 2.73. The third-order valence-electron chi connectivity index (χ3n) is 4.30. The summed E-state index contributed by atoms with van der Waals surface area (Å²) < 4.78 is 15.7. The molecule has 0 saturated carbocycles. The lowest BCUT2D eigenvalue weighted by molar-refractivity contribution is -0.113. The van der Waals surface area contributed by atoms with Crippen molar-refractivity contribution in [2.24, 2.45) is 0 Å². The Labute approximate surface area is 184 Å². The van der Waals surface area contributed by atoms with E-state index in [0.29, 0.717) is 33.4 Å². The van der Waals surface area contributed by atoms with Crippen molar-refractivity contribution in [3.05, 3.63) is 76.1 Å².